The first kappa shape index (κ1) is 24.9. The lowest BCUT2D eigenvalue weighted by Crippen LogP contribution is -2.37. The molecule has 1 heterocycles. The van der Waals surface area contributed by atoms with Gasteiger partial charge in [-0.05, 0) is 62.2 Å². The van der Waals surface area contributed by atoms with E-state index in [1.54, 1.807) is 0 Å². The van der Waals surface area contributed by atoms with Crippen molar-refractivity contribution in [2.45, 2.75) is 25.8 Å². The van der Waals surface area contributed by atoms with Crippen LogP contribution in [0.1, 0.15) is 28.3 Å². The average molecular weight is 615 g/mol. The van der Waals surface area contributed by atoms with Crippen LogP contribution < -0.4 is 5.19 Å². The van der Waals surface area contributed by atoms with E-state index < -0.39 is 14.2 Å². The molecule has 1 unspecified atom stereocenters. The second kappa shape index (κ2) is 12.6. The molecule has 0 spiro atoms. The second-order valence-corrected chi connectivity index (χ2v) is 17.4. The number of benzene rings is 6. The van der Waals surface area contributed by atoms with Crippen molar-refractivity contribution in [3.05, 3.63) is 180 Å². The fourth-order valence-corrected chi connectivity index (χ4v) is 6.78. The van der Waals surface area contributed by atoms with E-state index in [1.807, 2.05) is 97.1 Å². The molecule has 0 N–H and O–H groups in total. The number of hydrogen-bond acceptors (Lipinski definition) is 2. The minimum atomic E-state index is -1.55. The van der Waals surface area contributed by atoms with Gasteiger partial charge < -0.3 is 10.3 Å². The molecule has 0 bridgehead atoms. The number of rotatable bonds is 7. The maximum atomic E-state index is 9.30. The summed E-state index contributed by atoms with van der Waals surface area (Å²) in [7, 11) is -1.55. The molecule has 1 aliphatic heterocycles. The predicted molar refractivity (Wildman–Crippen MR) is 198 cm³/mol. The van der Waals surface area contributed by atoms with Gasteiger partial charge >= 0.3 is 0 Å². The molecule has 46 heavy (non-hydrogen) atoms. The first-order valence-corrected chi connectivity index (χ1v) is 19.0. The van der Waals surface area contributed by atoms with Crippen LogP contribution in [0.3, 0.4) is 0 Å². The van der Waals surface area contributed by atoms with E-state index in [1.165, 1.54) is 5.19 Å². The lowest BCUT2D eigenvalue weighted by atomic mass is 9.96. The zero-order valence-corrected chi connectivity index (χ0v) is 27.1. The summed E-state index contributed by atoms with van der Waals surface area (Å²) < 4.78 is 35.7. The molecule has 0 saturated heterocycles. The Morgan fingerprint density at radius 2 is 1.20 bits per heavy atom. The summed E-state index contributed by atoms with van der Waals surface area (Å²) in [5.41, 5.74) is 6.57. The fourth-order valence-electron chi connectivity index (χ4n) is 5.61. The summed E-state index contributed by atoms with van der Waals surface area (Å²) in [4.78, 5) is 9.99. The van der Waals surface area contributed by atoms with Crippen molar-refractivity contribution in [1.29, 1.82) is 0 Å². The molecule has 0 saturated carbocycles. The standard InChI is InChI=1S/C42H36N3Si/c1-46(2,3)37-26-24-30(25-27-37)33-18-12-19-34(28-33)35-20-13-21-36(29-35)41-43-40(32-16-8-5-9-17-32)44-42(45-41)39-23-11-10-22-38(39)31-14-6-4-7-15-31/h4-29,42H,1-3H3/q-1/i12D,18D,19D,28D. The predicted octanol–water partition coefficient (Wildman–Crippen LogP) is 10.5. The van der Waals surface area contributed by atoms with Crippen LogP contribution >= 0.6 is 0 Å². The molecule has 0 radical (unpaired) electrons. The van der Waals surface area contributed by atoms with Gasteiger partial charge in [-0.1, -0.05) is 176 Å². The number of amidine groups is 2. The van der Waals surface area contributed by atoms with Gasteiger partial charge in [0.15, 0.2) is 0 Å². The Bertz CT molecular complexity index is 2260. The number of aliphatic imine (C=N–C) groups is 2. The molecular weight excluding hydrogens is 575 g/mol. The summed E-state index contributed by atoms with van der Waals surface area (Å²) in [5, 5.41) is 6.37. The maximum Gasteiger partial charge on any atom is 0.0828 e. The second-order valence-electron chi connectivity index (χ2n) is 12.4. The maximum absolute atomic E-state index is 9.30. The summed E-state index contributed by atoms with van der Waals surface area (Å²) in [5.74, 6) is 1.05. The zero-order chi connectivity index (χ0) is 35.0. The molecule has 3 nitrogen and oxygen atoms in total. The van der Waals surface area contributed by atoms with Crippen molar-refractivity contribution >= 4 is 24.9 Å². The Balaban J connectivity index is 1.33. The van der Waals surface area contributed by atoms with Crippen LogP contribution in [0.15, 0.2) is 168 Å². The minimum absolute atomic E-state index is 0.0534. The van der Waals surface area contributed by atoms with Crippen molar-refractivity contribution in [3.63, 3.8) is 0 Å². The van der Waals surface area contributed by atoms with Gasteiger partial charge in [-0.15, -0.1) is 0 Å². The van der Waals surface area contributed by atoms with E-state index in [4.69, 9.17) is 19.4 Å². The highest BCUT2D eigenvalue weighted by Gasteiger charge is 2.18. The Morgan fingerprint density at radius 1 is 0.587 bits per heavy atom. The molecule has 0 aliphatic carbocycles. The normalized spacial score (nSPS) is 15.8. The molecule has 224 valence electrons. The van der Waals surface area contributed by atoms with Gasteiger partial charge in [-0.2, -0.15) is 0 Å². The third kappa shape index (κ3) is 6.26. The van der Waals surface area contributed by atoms with E-state index in [-0.39, 0.29) is 24.2 Å². The molecule has 0 aromatic heterocycles. The highest BCUT2D eigenvalue weighted by atomic mass is 28.3. The quantitative estimate of drug-likeness (QED) is 0.161. The summed E-state index contributed by atoms with van der Waals surface area (Å²) in [6, 6.07) is 43.3. The first-order valence-electron chi connectivity index (χ1n) is 17.5. The van der Waals surface area contributed by atoms with Gasteiger partial charge in [0.2, 0.25) is 0 Å². The Morgan fingerprint density at radius 3 is 1.91 bits per heavy atom. The van der Waals surface area contributed by atoms with Crippen LogP contribution in [-0.2, 0) is 0 Å². The monoisotopic (exact) mass is 614 g/mol. The summed E-state index contributed by atoms with van der Waals surface area (Å²) in [6.07, 6.45) is -0.565. The van der Waals surface area contributed by atoms with Crippen LogP contribution in [0.2, 0.25) is 19.6 Å². The summed E-state index contributed by atoms with van der Waals surface area (Å²) in [6.45, 7) is 6.83. The van der Waals surface area contributed by atoms with Crippen LogP contribution in [0, 0.1) is 0 Å². The highest BCUT2D eigenvalue weighted by Crippen LogP contribution is 2.37. The van der Waals surface area contributed by atoms with E-state index in [9.17, 15) is 1.37 Å². The van der Waals surface area contributed by atoms with Crippen LogP contribution in [0.5, 0.6) is 0 Å². The molecule has 0 amide bonds. The zero-order valence-electron chi connectivity index (χ0n) is 30.1. The van der Waals surface area contributed by atoms with Crippen LogP contribution in [0.25, 0.3) is 38.7 Å². The first-order chi connectivity index (χ1) is 24.1. The van der Waals surface area contributed by atoms with Crippen molar-refractivity contribution < 1.29 is 5.48 Å². The highest BCUT2D eigenvalue weighted by molar-refractivity contribution is 6.88. The molecule has 7 rings (SSSR count). The van der Waals surface area contributed by atoms with E-state index in [2.05, 4.69) is 56.0 Å². The lowest BCUT2D eigenvalue weighted by Gasteiger charge is -2.33. The smallest absolute Gasteiger partial charge is 0.0828 e. The van der Waals surface area contributed by atoms with Crippen LogP contribution in [0.4, 0.5) is 0 Å². The Kier molecular flexibility index (Phi) is 6.82. The fraction of sp³-hybridized carbons (Fsp3) is 0.0952. The number of nitrogens with zero attached hydrogens (tertiary/aromatic N) is 3. The van der Waals surface area contributed by atoms with Gasteiger partial charge in [-0.25, -0.2) is 0 Å². The third-order valence-corrected chi connectivity index (χ3v) is 10.2. The minimum Gasteiger partial charge on any atom is -0.438 e. The van der Waals surface area contributed by atoms with Gasteiger partial charge in [0.1, 0.15) is 0 Å². The average Bonchev–Trinajstić information content (AvgIpc) is 3.14. The van der Waals surface area contributed by atoms with Crippen molar-refractivity contribution in [3.8, 4) is 33.4 Å². The van der Waals surface area contributed by atoms with Gasteiger partial charge in [0, 0.05) is 0 Å². The lowest BCUT2D eigenvalue weighted by molar-refractivity contribution is 0.880. The SMILES string of the molecule is [2H]c1c([2H])c(-c2ccc([Si](C)(C)C)cc2)c([2H])c(-c2cccc(C3=NC(c4ccccc4)=NC(c4ccccc4-c4ccccc4)[N-]3)c2)c1[2H]. The molecular formula is C42H36N3Si-. The molecule has 4 heteroatoms. The topological polar surface area (TPSA) is 38.8 Å². The van der Waals surface area contributed by atoms with E-state index >= 15 is 0 Å². The third-order valence-electron chi connectivity index (χ3n) is 8.13. The van der Waals surface area contributed by atoms with Gasteiger partial charge in [0.05, 0.1) is 25.6 Å². The molecule has 1 atom stereocenters. The van der Waals surface area contributed by atoms with Gasteiger partial charge in [0.25, 0.3) is 0 Å². The number of hydrogen-bond donors (Lipinski definition) is 0. The van der Waals surface area contributed by atoms with Crippen molar-refractivity contribution in [2.75, 3.05) is 0 Å². The molecule has 1 aliphatic rings. The van der Waals surface area contributed by atoms with Crippen molar-refractivity contribution in [1.82, 2.24) is 0 Å². The van der Waals surface area contributed by atoms with Gasteiger partial charge in [-0.3, -0.25) is 4.99 Å². The van der Waals surface area contributed by atoms with Crippen LogP contribution in [-0.4, -0.2) is 19.7 Å². The summed E-state index contributed by atoms with van der Waals surface area (Å²) >= 11 is 0. The van der Waals surface area contributed by atoms with E-state index in [0.717, 1.165) is 22.3 Å². The molecule has 6 aromatic rings. The largest absolute Gasteiger partial charge is 0.438 e. The van der Waals surface area contributed by atoms with Crippen molar-refractivity contribution in [2.24, 2.45) is 9.98 Å². The molecule has 0 fully saturated rings. The van der Waals surface area contributed by atoms with E-state index in [0.29, 0.717) is 39.5 Å². The molecule has 6 aromatic carbocycles. The Labute approximate surface area is 278 Å². The Hall–Kier alpha value is -5.32.